The highest BCUT2D eigenvalue weighted by Crippen LogP contribution is 2.18. The summed E-state index contributed by atoms with van der Waals surface area (Å²) in [6.45, 7) is 2.65. The minimum absolute atomic E-state index is 0.188. The Labute approximate surface area is 112 Å². The summed E-state index contributed by atoms with van der Waals surface area (Å²) in [4.78, 5) is 3.14. The fourth-order valence-corrected chi connectivity index (χ4v) is 3.05. The molecule has 0 aliphatic heterocycles. The highest BCUT2D eigenvalue weighted by atomic mass is 32.2. The molecule has 98 valence electrons. The standard InChI is InChI=1S/C12H16N2O2S2/c1-9-5-3-6-10-11(9)14(12(17)13-10)7-4-8-18(2,15)16/h3,5-6H,4,7-8H2,1-2H3,(H,13,17). The number of hydrogen-bond acceptors (Lipinski definition) is 3. The number of aryl methyl sites for hydroxylation is 2. The predicted molar refractivity (Wildman–Crippen MR) is 76.2 cm³/mol. The first-order chi connectivity index (χ1) is 8.38. The highest BCUT2D eigenvalue weighted by Gasteiger charge is 2.08. The van der Waals surface area contributed by atoms with E-state index in [4.69, 9.17) is 12.2 Å². The minimum atomic E-state index is -2.91. The maximum atomic E-state index is 11.1. The normalized spacial score (nSPS) is 12.1. The summed E-state index contributed by atoms with van der Waals surface area (Å²) in [6.07, 6.45) is 1.83. The zero-order chi connectivity index (χ0) is 13.3. The summed E-state index contributed by atoms with van der Waals surface area (Å²) in [5.41, 5.74) is 3.20. The maximum absolute atomic E-state index is 11.1. The van der Waals surface area contributed by atoms with Crippen LogP contribution < -0.4 is 0 Å². The summed E-state index contributed by atoms with van der Waals surface area (Å²) < 4.78 is 24.9. The van der Waals surface area contributed by atoms with E-state index >= 15 is 0 Å². The van der Waals surface area contributed by atoms with Gasteiger partial charge in [-0.3, -0.25) is 0 Å². The molecule has 1 heterocycles. The topological polar surface area (TPSA) is 54.9 Å². The molecule has 4 nitrogen and oxygen atoms in total. The molecular formula is C12H16N2O2S2. The molecule has 1 aromatic heterocycles. The van der Waals surface area contributed by atoms with Crippen molar-refractivity contribution in [1.82, 2.24) is 9.55 Å². The number of fused-ring (bicyclic) bond motifs is 1. The van der Waals surface area contributed by atoms with Crippen molar-refractivity contribution in [3.8, 4) is 0 Å². The summed E-state index contributed by atoms with van der Waals surface area (Å²) >= 11 is 5.28. The first-order valence-electron chi connectivity index (χ1n) is 5.74. The van der Waals surface area contributed by atoms with Gasteiger partial charge in [-0.05, 0) is 37.2 Å². The molecule has 1 N–H and O–H groups in total. The lowest BCUT2D eigenvalue weighted by molar-refractivity contribution is 0.592. The zero-order valence-electron chi connectivity index (χ0n) is 10.4. The van der Waals surface area contributed by atoms with Gasteiger partial charge in [-0.15, -0.1) is 0 Å². The smallest absolute Gasteiger partial charge is 0.178 e. The number of aromatic amines is 1. The molecule has 2 rings (SSSR count). The van der Waals surface area contributed by atoms with Crippen molar-refractivity contribution < 1.29 is 8.42 Å². The van der Waals surface area contributed by atoms with Gasteiger partial charge in [-0.1, -0.05) is 12.1 Å². The lowest BCUT2D eigenvalue weighted by Crippen LogP contribution is -2.07. The lowest BCUT2D eigenvalue weighted by atomic mass is 10.2. The molecule has 0 bridgehead atoms. The zero-order valence-corrected chi connectivity index (χ0v) is 12.1. The number of hydrogen-bond donors (Lipinski definition) is 1. The number of imidazole rings is 1. The average Bonchev–Trinajstić information content (AvgIpc) is 2.55. The van der Waals surface area contributed by atoms with Crippen LogP contribution in [-0.2, 0) is 16.4 Å². The van der Waals surface area contributed by atoms with E-state index in [0.29, 0.717) is 17.7 Å². The fourth-order valence-electron chi connectivity index (χ4n) is 2.10. The van der Waals surface area contributed by atoms with Gasteiger partial charge in [0.15, 0.2) is 4.77 Å². The van der Waals surface area contributed by atoms with Gasteiger partial charge in [0.2, 0.25) is 0 Å². The van der Waals surface area contributed by atoms with Crippen molar-refractivity contribution in [3.05, 3.63) is 28.5 Å². The number of nitrogens with zero attached hydrogens (tertiary/aromatic N) is 1. The van der Waals surface area contributed by atoms with Gasteiger partial charge in [0.25, 0.3) is 0 Å². The summed E-state index contributed by atoms with van der Waals surface area (Å²) in [5.74, 6) is 0.188. The third-order valence-electron chi connectivity index (χ3n) is 2.89. The molecule has 0 saturated heterocycles. The molecule has 0 saturated carbocycles. The first kappa shape index (κ1) is 13.3. The molecule has 6 heteroatoms. The molecule has 0 atom stereocenters. The molecule has 0 spiro atoms. The van der Waals surface area contributed by atoms with E-state index in [-0.39, 0.29) is 5.75 Å². The van der Waals surface area contributed by atoms with Crippen LogP contribution in [0.3, 0.4) is 0 Å². The Morgan fingerprint density at radius 1 is 1.39 bits per heavy atom. The van der Waals surface area contributed by atoms with Gasteiger partial charge in [-0.25, -0.2) is 8.42 Å². The van der Waals surface area contributed by atoms with Crippen molar-refractivity contribution in [2.75, 3.05) is 12.0 Å². The van der Waals surface area contributed by atoms with E-state index in [2.05, 4.69) is 4.98 Å². The third kappa shape index (κ3) is 2.81. The molecule has 18 heavy (non-hydrogen) atoms. The van der Waals surface area contributed by atoms with Crippen LogP contribution in [0.15, 0.2) is 18.2 Å². The summed E-state index contributed by atoms with van der Waals surface area (Å²) in [7, 11) is -2.91. The summed E-state index contributed by atoms with van der Waals surface area (Å²) in [6, 6.07) is 5.98. The Bertz CT molecular complexity index is 726. The van der Waals surface area contributed by atoms with Gasteiger partial charge >= 0.3 is 0 Å². The number of H-pyrrole nitrogens is 1. The van der Waals surface area contributed by atoms with E-state index in [1.54, 1.807) is 0 Å². The Hall–Kier alpha value is -1.14. The van der Waals surface area contributed by atoms with Crippen LogP contribution in [0.25, 0.3) is 11.0 Å². The Morgan fingerprint density at radius 3 is 2.78 bits per heavy atom. The molecule has 0 fully saturated rings. The number of sulfone groups is 1. The van der Waals surface area contributed by atoms with E-state index in [9.17, 15) is 8.42 Å². The van der Waals surface area contributed by atoms with Gasteiger partial charge in [-0.2, -0.15) is 0 Å². The van der Waals surface area contributed by atoms with Gasteiger partial charge in [0.05, 0.1) is 16.8 Å². The maximum Gasteiger partial charge on any atom is 0.178 e. The largest absolute Gasteiger partial charge is 0.331 e. The lowest BCUT2D eigenvalue weighted by Gasteiger charge is -2.05. The van der Waals surface area contributed by atoms with Crippen molar-refractivity contribution in [2.45, 2.75) is 19.9 Å². The second-order valence-electron chi connectivity index (χ2n) is 4.54. The second-order valence-corrected chi connectivity index (χ2v) is 7.18. The van der Waals surface area contributed by atoms with E-state index in [1.807, 2.05) is 29.7 Å². The molecule has 2 aromatic rings. The first-order valence-corrected chi connectivity index (χ1v) is 8.21. The number of nitrogens with one attached hydrogen (secondary N) is 1. The molecule has 0 aliphatic rings. The molecule has 0 radical (unpaired) electrons. The SMILES string of the molecule is Cc1cccc2[nH]c(=S)n(CCCS(C)(=O)=O)c12. The number of para-hydroxylation sites is 1. The Morgan fingerprint density at radius 2 is 2.11 bits per heavy atom. The van der Waals surface area contributed by atoms with E-state index in [0.717, 1.165) is 16.6 Å². The van der Waals surface area contributed by atoms with Crippen LogP contribution in [0.5, 0.6) is 0 Å². The highest BCUT2D eigenvalue weighted by molar-refractivity contribution is 7.90. The quantitative estimate of drug-likeness (QED) is 0.877. The van der Waals surface area contributed by atoms with Crippen molar-refractivity contribution >= 4 is 33.1 Å². The van der Waals surface area contributed by atoms with Crippen LogP contribution in [0, 0.1) is 11.7 Å². The van der Waals surface area contributed by atoms with E-state index < -0.39 is 9.84 Å². The van der Waals surface area contributed by atoms with Crippen LogP contribution in [-0.4, -0.2) is 30.0 Å². The van der Waals surface area contributed by atoms with Crippen molar-refractivity contribution in [2.24, 2.45) is 0 Å². The third-order valence-corrected chi connectivity index (χ3v) is 4.24. The molecule has 0 unspecified atom stereocenters. The monoisotopic (exact) mass is 284 g/mol. The van der Waals surface area contributed by atoms with Crippen molar-refractivity contribution in [1.29, 1.82) is 0 Å². The van der Waals surface area contributed by atoms with Gasteiger partial charge in [0, 0.05) is 12.8 Å². The second kappa shape index (κ2) is 4.85. The number of benzene rings is 1. The molecule has 0 amide bonds. The minimum Gasteiger partial charge on any atom is -0.331 e. The average molecular weight is 284 g/mol. The fraction of sp³-hybridized carbons (Fsp3) is 0.417. The molecule has 0 aliphatic carbocycles. The number of aromatic nitrogens is 2. The van der Waals surface area contributed by atoms with E-state index in [1.165, 1.54) is 6.26 Å². The molecule has 1 aromatic carbocycles. The molecular weight excluding hydrogens is 268 g/mol. The van der Waals surface area contributed by atoms with Gasteiger partial charge in [0.1, 0.15) is 9.84 Å². The van der Waals surface area contributed by atoms with Crippen LogP contribution in [0.2, 0.25) is 0 Å². The van der Waals surface area contributed by atoms with Gasteiger partial charge < -0.3 is 9.55 Å². The van der Waals surface area contributed by atoms with Crippen LogP contribution in [0.1, 0.15) is 12.0 Å². The van der Waals surface area contributed by atoms with Crippen molar-refractivity contribution in [3.63, 3.8) is 0 Å². The predicted octanol–water partition coefficient (Wildman–Crippen LogP) is 2.44. The number of rotatable bonds is 4. The van der Waals surface area contributed by atoms with Crippen LogP contribution in [0.4, 0.5) is 0 Å². The Kier molecular flexibility index (Phi) is 3.59. The Balaban J connectivity index is 2.33. The van der Waals surface area contributed by atoms with Crippen LogP contribution >= 0.6 is 12.2 Å². The summed E-state index contributed by atoms with van der Waals surface area (Å²) in [5, 5.41) is 0.